The number of non-ortho nitro benzene ring substituents is 1. The van der Waals surface area contributed by atoms with Crippen LogP contribution in [-0.2, 0) is 10.1 Å². The number of nitrogens with zero attached hydrogens (tertiary/aromatic N) is 2. The molecule has 0 fully saturated rings. The SMILES string of the molecule is COc1cc(/C=N\NC(=O)c2cccc3ccccc23)cc(Br)c1OS(=O)(=O)c1cccc([N+](=O)[O-])c1. The number of hydrogen-bond acceptors (Lipinski definition) is 8. The highest BCUT2D eigenvalue weighted by Gasteiger charge is 2.24. The number of rotatable bonds is 8. The van der Waals surface area contributed by atoms with Crippen LogP contribution in [0.3, 0.4) is 0 Å². The van der Waals surface area contributed by atoms with Crippen molar-refractivity contribution in [1.82, 2.24) is 5.43 Å². The van der Waals surface area contributed by atoms with Gasteiger partial charge in [0.25, 0.3) is 11.6 Å². The van der Waals surface area contributed by atoms with Gasteiger partial charge in [-0.3, -0.25) is 14.9 Å². The summed E-state index contributed by atoms with van der Waals surface area (Å²) < 4.78 is 36.2. The Morgan fingerprint density at radius 1 is 1.05 bits per heavy atom. The van der Waals surface area contributed by atoms with Gasteiger partial charge in [0, 0.05) is 17.7 Å². The molecule has 0 aromatic heterocycles. The maximum absolute atomic E-state index is 12.8. The number of fused-ring (bicyclic) bond motifs is 1. The molecule has 12 heteroatoms. The molecule has 0 aliphatic heterocycles. The van der Waals surface area contributed by atoms with Gasteiger partial charge in [-0.2, -0.15) is 13.5 Å². The Morgan fingerprint density at radius 2 is 1.78 bits per heavy atom. The standard InChI is InChI=1S/C25H18BrN3O7S/c1-35-23-13-16(15-27-28-25(30)21-11-4-7-17-6-2-3-10-20(17)21)12-22(26)24(23)36-37(33,34)19-9-5-8-18(14-19)29(31)32/h2-15H,1H3,(H,28,30)/b27-15-. The first-order valence-electron chi connectivity index (χ1n) is 10.6. The Labute approximate surface area is 219 Å². The van der Waals surface area contributed by atoms with Crippen molar-refractivity contribution in [2.24, 2.45) is 5.10 Å². The number of nitrogens with one attached hydrogen (secondary N) is 1. The molecule has 188 valence electrons. The van der Waals surface area contributed by atoms with Crippen LogP contribution in [0, 0.1) is 10.1 Å². The number of nitro benzene ring substituents is 1. The molecule has 1 N–H and O–H groups in total. The van der Waals surface area contributed by atoms with Crippen LogP contribution in [0.2, 0.25) is 0 Å². The van der Waals surface area contributed by atoms with Crippen molar-refractivity contribution in [1.29, 1.82) is 0 Å². The van der Waals surface area contributed by atoms with Crippen molar-refractivity contribution in [3.63, 3.8) is 0 Å². The molecule has 0 radical (unpaired) electrons. The topological polar surface area (TPSA) is 137 Å². The molecule has 0 bridgehead atoms. The first-order valence-corrected chi connectivity index (χ1v) is 12.8. The van der Waals surface area contributed by atoms with E-state index >= 15 is 0 Å². The van der Waals surface area contributed by atoms with Gasteiger partial charge in [-0.1, -0.05) is 42.5 Å². The Morgan fingerprint density at radius 3 is 2.54 bits per heavy atom. The van der Waals surface area contributed by atoms with Crippen LogP contribution < -0.4 is 14.3 Å². The summed E-state index contributed by atoms with van der Waals surface area (Å²) in [7, 11) is -3.10. The third kappa shape index (κ3) is 5.76. The number of amides is 1. The van der Waals surface area contributed by atoms with E-state index in [0.29, 0.717) is 11.1 Å². The van der Waals surface area contributed by atoms with E-state index in [1.165, 1.54) is 43.7 Å². The predicted octanol–water partition coefficient (Wildman–Crippen LogP) is 5.05. The van der Waals surface area contributed by atoms with E-state index in [4.69, 9.17) is 8.92 Å². The molecule has 0 spiro atoms. The van der Waals surface area contributed by atoms with E-state index in [1.807, 2.05) is 30.3 Å². The Balaban J connectivity index is 1.55. The number of methoxy groups -OCH3 is 1. The highest BCUT2D eigenvalue weighted by molar-refractivity contribution is 9.10. The van der Waals surface area contributed by atoms with Crippen molar-refractivity contribution in [2.45, 2.75) is 4.90 Å². The average molecular weight is 584 g/mol. The van der Waals surface area contributed by atoms with Gasteiger partial charge in [0.2, 0.25) is 0 Å². The molecule has 37 heavy (non-hydrogen) atoms. The first kappa shape index (κ1) is 25.8. The maximum Gasteiger partial charge on any atom is 0.339 e. The highest BCUT2D eigenvalue weighted by atomic mass is 79.9. The van der Waals surface area contributed by atoms with Gasteiger partial charge in [0.1, 0.15) is 4.90 Å². The zero-order chi connectivity index (χ0) is 26.6. The number of hydrogen-bond donors (Lipinski definition) is 1. The summed E-state index contributed by atoms with van der Waals surface area (Å²) in [5.41, 5.74) is 3.00. The van der Waals surface area contributed by atoms with Crippen LogP contribution in [0.15, 0.2) is 93.3 Å². The molecular formula is C25H18BrN3O7S. The van der Waals surface area contributed by atoms with Crippen LogP contribution >= 0.6 is 15.9 Å². The summed E-state index contributed by atoms with van der Waals surface area (Å²) in [4.78, 5) is 22.6. The van der Waals surface area contributed by atoms with Crippen LogP contribution in [0.5, 0.6) is 11.5 Å². The second-order valence-corrected chi connectivity index (χ2v) is 9.95. The Hall–Kier alpha value is -4.29. The highest BCUT2D eigenvalue weighted by Crippen LogP contribution is 2.38. The smallest absolute Gasteiger partial charge is 0.339 e. The van der Waals surface area contributed by atoms with Gasteiger partial charge in [0.15, 0.2) is 11.5 Å². The molecule has 4 aromatic rings. The fourth-order valence-corrected chi connectivity index (χ4v) is 5.10. The largest absolute Gasteiger partial charge is 0.493 e. The van der Waals surface area contributed by atoms with Gasteiger partial charge in [-0.25, -0.2) is 5.43 Å². The number of benzene rings is 4. The summed E-state index contributed by atoms with van der Waals surface area (Å²) in [6.07, 6.45) is 1.36. The van der Waals surface area contributed by atoms with Crippen LogP contribution in [0.25, 0.3) is 10.8 Å². The minimum Gasteiger partial charge on any atom is -0.493 e. The van der Waals surface area contributed by atoms with Gasteiger partial charge in [-0.05, 0) is 56.5 Å². The van der Waals surface area contributed by atoms with Crippen molar-refractivity contribution < 1.29 is 27.1 Å². The van der Waals surface area contributed by atoms with Gasteiger partial charge in [0.05, 0.1) is 22.7 Å². The molecule has 1 amide bonds. The lowest BCUT2D eigenvalue weighted by Crippen LogP contribution is -2.18. The summed E-state index contributed by atoms with van der Waals surface area (Å²) in [5, 5.41) is 16.7. The van der Waals surface area contributed by atoms with E-state index < -0.39 is 31.5 Å². The van der Waals surface area contributed by atoms with Crippen molar-refractivity contribution in [3.8, 4) is 11.5 Å². The molecule has 4 aromatic carbocycles. The number of carbonyl (C=O) groups is 1. The molecule has 0 heterocycles. The van der Waals surface area contributed by atoms with E-state index in [2.05, 4.69) is 26.5 Å². The van der Waals surface area contributed by atoms with Crippen molar-refractivity contribution >= 4 is 54.6 Å². The molecule has 0 saturated carbocycles. The summed E-state index contributed by atoms with van der Waals surface area (Å²) in [5.74, 6) is -0.516. The molecule has 0 unspecified atom stereocenters. The summed E-state index contributed by atoms with van der Waals surface area (Å²) in [6, 6.07) is 20.3. The molecule has 0 aliphatic rings. The molecular weight excluding hydrogens is 566 g/mol. The monoisotopic (exact) mass is 583 g/mol. The molecule has 0 atom stereocenters. The van der Waals surface area contributed by atoms with E-state index in [9.17, 15) is 23.3 Å². The minimum atomic E-state index is -4.42. The number of ether oxygens (including phenoxy) is 1. The molecule has 10 nitrogen and oxygen atoms in total. The first-order chi connectivity index (χ1) is 17.7. The lowest BCUT2D eigenvalue weighted by atomic mass is 10.0. The number of carbonyl (C=O) groups excluding carboxylic acids is 1. The Kier molecular flexibility index (Phi) is 7.50. The van der Waals surface area contributed by atoms with E-state index in [-0.39, 0.29) is 16.0 Å². The third-order valence-corrected chi connectivity index (χ3v) is 6.98. The van der Waals surface area contributed by atoms with Gasteiger partial charge >= 0.3 is 10.1 Å². The van der Waals surface area contributed by atoms with Crippen molar-refractivity contribution in [2.75, 3.05) is 7.11 Å². The average Bonchev–Trinajstić information content (AvgIpc) is 2.89. The van der Waals surface area contributed by atoms with Crippen LogP contribution in [-0.4, -0.2) is 32.6 Å². The quantitative estimate of drug-likeness (QED) is 0.132. The lowest BCUT2D eigenvalue weighted by Gasteiger charge is -2.13. The predicted molar refractivity (Wildman–Crippen MR) is 141 cm³/mol. The van der Waals surface area contributed by atoms with E-state index in [0.717, 1.165) is 16.8 Å². The third-order valence-electron chi connectivity index (χ3n) is 5.18. The summed E-state index contributed by atoms with van der Waals surface area (Å²) in [6.45, 7) is 0. The van der Waals surface area contributed by atoms with Gasteiger partial charge < -0.3 is 8.92 Å². The zero-order valence-corrected chi connectivity index (χ0v) is 21.5. The number of nitro groups is 1. The fraction of sp³-hybridized carbons (Fsp3) is 0.0400. The minimum absolute atomic E-state index is 0.0465. The number of halogens is 1. The fourth-order valence-electron chi connectivity index (χ4n) is 3.45. The van der Waals surface area contributed by atoms with Crippen LogP contribution in [0.4, 0.5) is 5.69 Å². The van der Waals surface area contributed by atoms with Crippen LogP contribution in [0.1, 0.15) is 15.9 Å². The molecule has 4 rings (SSSR count). The molecule has 0 aliphatic carbocycles. The second-order valence-electron chi connectivity index (χ2n) is 7.55. The second kappa shape index (κ2) is 10.8. The summed E-state index contributed by atoms with van der Waals surface area (Å²) >= 11 is 3.26. The van der Waals surface area contributed by atoms with E-state index in [1.54, 1.807) is 12.1 Å². The van der Waals surface area contributed by atoms with Gasteiger partial charge in [-0.15, -0.1) is 0 Å². The number of hydrazone groups is 1. The Bertz CT molecular complexity index is 1650. The van der Waals surface area contributed by atoms with Crippen molar-refractivity contribution in [3.05, 3.63) is 105 Å². The normalized spacial score (nSPS) is 11.4. The zero-order valence-electron chi connectivity index (χ0n) is 19.1. The maximum atomic E-state index is 12.8. The lowest BCUT2D eigenvalue weighted by molar-refractivity contribution is -0.385. The molecule has 0 saturated heterocycles.